The summed E-state index contributed by atoms with van der Waals surface area (Å²) in [6.07, 6.45) is -0.887. The fourth-order valence-corrected chi connectivity index (χ4v) is 3.80. The number of ether oxygens (including phenoxy) is 3. The van der Waals surface area contributed by atoms with E-state index in [1.165, 1.54) is 18.2 Å². The first-order valence-electron chi connectivity index (χ1n) is 10.1. The monoisotopic (exact) mass is 430 g/mol. The summed E-state index contributed by atoms with van der Waals surface area (Å²) in [5, 5.41) is 0. The van der Waals surface area contributed by atoms with E-state index >= 15 is 0 Å². The lowest BCUT2D eigenvalue weighted by atomic mass is 10.0. The Morgan fingerprint density at radius 2 is 1.87 bits per heavy atom. The quantitative estimate of drug-likeness (QED) is 0.404. The number of benzene rings is 2. The van der Waals surface area contributed by atoms with Crippen LogP contribution < -0.4 is 14.4 Å². The number of carbonyl (C=O) groups excluding carboxylic acids is 1. The molecule has 164 valence electrons. The Balaban J connectivity index is 1.60. The first-order chi connectivity index (χ1) is 14.8. The van der Waals surface area contributed by atoms with Gasteiger partial charge in [0, 0.05) is 30.9 Å². The zero-order chi connectivity index (χ0) is 22.0. The molecule has 2 aliphatic rings. The summed E-state index contributed by atoms with van der Waals surface area (Å²) < 4.78 is 40.7. The summed E-state index contributed by atoms with van der Waals surface area (Å²) in [4.78, 5) is 15.8. The van der Waals surface area contributed by atoms with Crippen LogP contribution in [0.3, 0.4) is 0 Å². The molecule has 4 rings (SSSR count). The summed E-state index contributed by atoms with van der Waals surface area (Å²) in [5.41, 5.74) is 3.43. The number of hydrogen-bond donors (Lipinski definition) is 0. The fraction of sp³-hybridized carbons (Fsp3) is 0.348. The maximum atomic E-state index is 13.3. The Hall–Kier alpha value is -3.13. The number of hydrogen-bond acceptors (Lipinski definition) is 6. The lowest BCUT2D eigenvalue weighted by Gasteiger charge is -2.23. The summed E-state index contributed by atoms with van der Waals surface area (Å²) in [7, 11) is 2.13. The molecule has 0 aromatic heterocycles. The molecule has 0 N–H and O–H groups in total. The minimum Gasteiger partial charge on any atom is -0.428 e. The Labute approximate surface area is 179 Å². The first-order valence-corrected chi connectivity index (χ1v) is 10.1. The van der Waals surface area contributed by atoms with Gasteiger partial charge >= 0.3 is 6.29 Å². The van der Waals surface area contributed by atoms with Gasteiger partial charge in [-0.1, -0.05) is 6.07 Å². The van der Waals surface area contributed by atoms with Crippen LogP contribution in [0.1, 0.15) is 23.1 Å². The molecule has 0 unspecified atom stereocenters. The van der Waals surface area contributed by atoms with Crippen molar-refractivity contribution in [2.45, 2.75) is 19.6 Å². The van der Waals surface area contributed by atoms with Crippen molar-refractivity contribution in [2.24, 2.45) is 0 Å². The molecular weight excluding hydrogens is 406 g/mol. The number of rotatable bonds is 5. The first kappa shape index (κ1) is 21.1. The molecule has 1 saturated heterocycles. The maximum absolute atomic E-state index is 13.3. The van der Waals surface area contributed by atoms with Gasteiger partial charge in [0.15, 0.2) is 11.5 Å². The van der Waals surface area contributed by atoms with E-state index < -0.39 is 6.29 Å². The van der Waals surface area contributed by atoms with Gasteiger partial charge in [0.1, 0.15) is 5.76 Å². The minimum absolute atomic E-state index is 0.0668. The summed E-state index contributed by atoms with van der Waals surface area (Å²) >= 11 is 0. The largest absolute Gasteiger partial charge is 0.586 e. The smallest absolute Gasteiger partial charge is 0.428 e. The van der Waals surface area contributed by atoms with Crippen LogP contribution in [0.15, 0.2) is 36.4 Å². The van der Waals surface area contributed by atoms with Crippen molar-refractivity contribution in [3.63, 3.8) is 0 Å². The van der Waals surface area contributed by atoms with Crippen molar-refractivity contribution < 1.29 is 27.8 Å². The molecule has 0 aliphatic carbocycles. The van der Waals surface area contributed by atoms with Crippen LogP contribution in [0.4, 0.5) is 14.5 Å². The van der Waals surface area contributed by atoms with E-state index in [1.807, 2.05) is 19.1 Å². The highest BCUT2D eigenvalue weighted by molar-refractivity contribution is 5.82. The van der Waals surface area contributed by atoms with Gasteiger partial charge in [-0.3, -0.25) is 4.79 Å². The predicted octanol–water partition coefficient (Wildman–Crippen LogP) is 4.13. The third kappa shape index (κ3) is 4.80. The number of fused-ring (bicyclic) bond motifs is 1. The van der Waals surface area contributed by atoms with Gasteiger partial charge < -0.3 is 24.0 Å². The zero-order valence-electron chi connectivity index (χ0n) is 17.4. The normalized spacial score (nSPS) is 18.6. The number of carbonyl (C=O) groups is 1. The van der Waals surface area contributed by atoms with Gasteiger partial charge in [0.2, 0.25) is 0 Å². The van der Waals surface area contributed by atoms with Crippen LogP contribution in [0.2, 0.25) is 0 Å². The van der Waals surface area contributed by atoms with Gasteiger partial charge in [-0.2, -0.15) is 0 Å². The molecule has 2 aliphatic heterocycles. The lowest BCUT2D eigenvalue weighted by molar-refractivity contribution is -0.286. The minimum atomic E-state index is -3.70. The van der Waals surface area contributed by atoms with Crippen LogP contribution >= 0.6 is 0 Å². The Morgan fingerprint density at radius 1 is 1.06 bits per heavy atom. The van der Waals surface area contributed by atoms with E-state index in [2.05, 4.69) is 32.4 Å². The molecule has 6 nitrogen and oxygen atoms in total. The van der Waals surface area contributed by atoms with Gasteiger partial charge in [-0.05, 0) is 74.5 Å². The second-order valence-corrected chi connectivity index (χ2v) is 7.74. The molecule has 31 heavy (non-hydrogen) atoms. The average molecular weight is 430 g/mol. The van der Waals surface area contributed by atoms with Crippen molar-refractivity contribution in [1.82, 2.24) is 4.90 Å². The molecule has 0 bridgehead atoms. The molecule has 1 fully saturated rings. The number of alkyl halides is 2. The molecule has 0 amide bonds. The number of halogens is 2. The van der Waals surface area contributed by atoms with E-state index in [1.54, 1.807) is 6.08 Å². The summed E-state index contributed by atoms with van der Waals surface area (Å²) in [5.74, 6) is 0.0489. The van der Waals surface area contributed by atoms with Crippen LogP contribution in [-0.2, 0) is 9.53 Å². The predicted molar refractivity (Wildman–Crippen MR) is 113 cm³/mol. The maximum Gasteiger partial charge on any atom is 0.586 e. The van der Waals surface area contributed by atoms with E-state index in [4.69, 9.17) is 4.74 Å². The van der Waals surface area contributed by atoms with Crippen molar-refractivity contribution >= 4 is 24.0 Å². The van der Waals surface area contributed by atoms with Gasteiger partial charge in [0.05, 0.1) is 0 Å². The highest BCUT2D eigenvalue weighted by atomic mass is 19.3. The molecule has 2 heterocycles. The van der Waals surface area contributed by atoms with Gasteiger partial charge in [-0.15, -0.1) is 8.78 Å². The third-order valence-corrected chi connectivity index (χ3v) is 5.49. The topological polar surface area (TPSA) is 51.2 Å². The van der Waals surface area contributed by atoms with Crippen LogP contribution in [0.25, 0.3) is 11.8 Å². The SMILES string of the molecule is Cc1cc(N2CCCN(C)CC2)ccc1/C=C(\OC=O)c1ccc2c(c1)OC(F)(F)O2. The van der Waals surface area contributed by atoms with Crippen molar-refractivity contribution in [3.8, 4) is 11.5 Å². The van der Waals surface area contributed by atoms with Gasteiger partial charge in [-0.25, -0.2) is 0 Å². The second kappa shape index (κ2) is 8.55. The lowest BCUT2D eigenvalue weighted by Crippen LogP contribution is -2.28. The molecular formula is C23H24F2N2O4. The molecule has 2 aromatic carbocycles. The molecule has 2 aromatic rings. The molecule has 8 heteroatoms. The Bertz CT molecular complexity index is 1010. The van der Waals surface area contributed by atoms with Gasteiger partial charge in [0.25, 0.3) is 6.47 Å². The standard InChI is InChI=1S/C23H24F2N2O4/c1-16-12-19(27-9-3-8-26(2)10-11-27)6-4-17(16)13-21(29-15-28)18-5-7-20-22(14-18)31-23(24,25)30-20/h4-7,12-15H,3,8-11H2,1-2H3/b21-13-. The number of aryl methyl sites for hydroxylation is 1. The van der Waals surface area contributed by atoms with E-state index in [9.17, 15) is 13.6 Å². The van der Waals surface area contributed by atoms with Crippen LogP contribution in [-0.4, -0.2) is 50.9 Å². The van der Waals surface area contributed by atoms with E-state index in [0.717, 1.165) is 49.4 Å². The fourth-order valence-electron chi connectivity index (χ4n) is 3.80. The molecule has 0 radical (unpaired) electrons. The molecule has 0 spiro atoms. The number of likely N-dealkylation sites (N-methyl/N-ethyl adjacent to an activating group) is 1. The van der Waals surface area contributed by atoms with Crippen molar-refractivity contribution in [3.05, 3.63) is 53.1 Å². The number of anilines is 1. The summed E-state index contributed by atoms with van der Waals surface area (Å²) in [6, 6.07) is 10.4. The highest BCUT2D eigenvalue weighted by Crippen LogP contribution is 2.42. The highest BCUT2D eigenvalue weighted by Gasteiger charge is 2.43. The summed E-state index contributed by atoms with van der Waals surface area (Å²) in [6.45, 7) is 6.36. The van der Waals surface area contributed by atoms with Crippen LogP contribution in [0.5, 0.6) is 11.5 Å². The number of nitrogens with zero attached hydrogens (tertiary/aromatic N) is 2. The second-order valence-electron chi connectivity index (χ2n) is 7.74. The van der Waals surface area contributed by atoms with Crippen molar-refractivity contribution in [2.75, 3.05) is 38.1 Å². The van der Waals surface area contributed by atoms with Crippen LogP contribution in [0, 0.1) is 6.92 Å². The average Bonchev–Trinajstić information content (AvgIpc) is 2.87. The Morgan fingerprint density at radius 3 is 2.65 bits per heavy atom. The molecule has 0 atom stereocenters. The zero-order valence-corrected chi connectivity index (χ0v) is 17.4. The Kier molecular flexibility index (Phi) is 5.82. The molecule has 0 saturated carbocycles. The van der Waals surface area contributed by atoms with E-state index in [-0.39, 0.29) is 17.3 Å². The van der Waals surface area contributed by atoms with E-state index in [0.29, 0.717) is 12.0 Å². The third-order valence-electron chi connectivity index (χ3n) is 5.49. The van der Waals surface area contributed by atoms with Crippen molar-refractivity contribution in [1.29, 1.82) is 0 Å².